The zero-order chi connectivity index (χ0) is 15.9. The summed E-state index contributed by atoms with van der Waals surface area (Å²) in [6.07, 6.45) is 2.80. The molecule has 1 aromatic rings. The summed E-state index contributed by atoms with van der Waals surface area (Å²) < 4.78 is 0. The van der Waals surface area contributed by atoms with Crippen molar-refractivity contribution in [3.63, 3.8) is 0 Å². The maximum atomic E-state index is 11.6. The van der Waals surface area contributed by atoms with Crippen LogP contribution in [-0.2, 0) is 22.7 Å². The van der Waals surface area contributed by atoms with Crippen molar-refractivity contribution in [3.05, 3.63) is 35.4 Å². The average Bonchev–Trinajstić information content (AvgIpc) is 2.89. The summed E-state index contributed by atoms with van der Waals surface area (Å²) in [4.78, 5) is 25.1. The van der Waals surface area contributed by atoms with E-state index in [1.165, 1.54) is 0 Å². The van der Waals surface area contributed by atoms with Gasteiger partial charge in [-0.15, -0.1) is 12.4 Å². The van der Waals surface area contributed by atoms with Gasteiger partial charge in [-0.25, -0.2) is 0 Å². The van der Waals surface area contributed by atoms with Crippen LogP contribution in [0.4, 0.5) is 0 Å². The first-order valence-electron chi connectivity index (χ1n) is 7.92. The molecule has 0 radical (unpaired) electrons. The van der Waals surface area contributed by atoms with Crippen molar-refractivity contribution < 1.29 is 9.59 Å². The Morgan fingerprint density at radius 2 is 1.96 bits per heavy atom. The van der Waals surface area contributed by atoms with Gasteiger partial charge in [-0.05, 0) is 30.9 Å². The normalized spacial score (nSPS) is 15.2. The van der Waals surface area contributed by atoms with Gasteiger partial charge in [-0.3, -0.25) is 9.59 Å². The van der Waals surface area contributed by atoms with Crippen LogP contribution >= 0.6 is 12.4 Å². The van der Waals surface area contributed by atoms with Crippen LogP contribution in [0.25, 0.3) is 0 Å². The number of benzene rings is 1. The molecule has 1 aliphatic heterocycles. The highest BCUT2D eigenvalue weighted by molar-refractivity contribution is 5.85. The molecule has 1 fully saturated rings. The minimum Gasteiger partial charge on any atom is -0.352 e. The summed E-state index contributed by atoms with van der Waals surface area (Å²) in [5.41, 5.74) is 7.82. The van der Waals surface area contributed by atoms with Crippen LogP contribution in [0.1, 0.15) is 43.7 Å². The Morgan fingerprint density at radius 1 is 1.30 bits per heavy atom. The first-order valence-corrected chi connectivity index (χ1v) is 7.92. The Kier molecular flexibility index (Phi) is 8.06. The number of nitrogens with two attached hydrogens (primary N) is 1. The van der Waals surface area contributed by atoms with Gasteiger partial charge in [0.15, 0.2) is 0 Å². The van der Waals surface area contributed by atoms with E-state index in [2.05, 4.69) is 5.32 Å². The minimum absolute atomic E-state index is 0. The summed E-state index contributed by atoms with van der Waals surface area (Å²) >= 11 is 0. The highest BCUT2D eigenvalue weighted by Crippen LogP contribution is 2.14. The van der Waals surface area contributed by atoms with Crippen LogP contribution in [-0.4, -0.2) is 29.3 Å². The van der Waals surface area contributed by atoms with Crippen LogP contribution in [0.2, 0.25) is 0 Å². The molecule has 2 rings (SSSR count). The molecule has 0 bridgehead atoms. The molecule has 1 heterocycles. The van der Waals surface area contributed by atoms with Crippen LogP contribution < -0.4 is 11.1 Å². The molecule has 1 unspecified atom stereocenters. The zero-order valence-electron chi connectivity index (χ0n) is 13.6. The minimum atomic E-state index is 0. The summed E-state index contributed by atoms with van der Waals surface area (Å²) in [7, 11) is 0. The van der Waals surface area contributed by atoms with Gasteiger partial charge in [0, 0.05) is 38.5 Å². The fourth-order valence-corrected chi connectivity index (χ4v) is 2.50. The molecule has 2 amide bonds. The number of likely N-dealkylation sites (tertiary alicyclic amines) is 1. The largest absolute Gasteiger partial charge is 0.352 e. The SMILES string of the molecule is CC(N)CCC(=O)NCc1ccc(CN2CCCC2=O)cc1.Cl. The zero-order valence-corrected chi connectivity index (χ0v) is 14.4. The van der Waals surface area contributed by atoms with E-state index in [1.54, 1.807) is 0 Å². The average molecular weight is 340 g/mol. The number of nitrogens with zero attached hydrogens (tertiary/aromatic N) is 1. The number of rotatable bonds is 7. The first kappa shape index (κ1) is 19.5. The standard InChI is InChI=1S/C17H25N3O2.ClH/c1-13(18)4-9-16(21)19-11-14-5-7-15(8-6-14)12-20-10-2-3-17(20)22;/h5-8,13H,2-4,9-12,18H2,1H3,(H,19,21);1H. The van der Waals surface area contributed by atoms with Gasteiger partial charge in [0.05, 0.1) is 0 Å². The van der Waals surface area contributed by atoms with Crippen molar-refractivity contribution in [1.82, 2.24) is 10.2 Å². The van der Waals surface area contributed by atoms with Gasteiger partial charge in [-0.2, -0.15) is 0 Å². The molecule has 6 heteroatoms. The van der Waals surface area contributed by atoms with Crippen molar-refractivity contribution in [2.75, 3.05) is 6.54 Å². The quantitative estimate of drug-likeness (QED) is 0.797. The van der Waals surface area contributed by atoms with Gasteiger partial charge in [0.2, 0.25) is 11.8 Å². The molecule has 128 valence electrons. The third kappa shape index (κ3) is 6.59. The van der Waals surface area contributed by atoms with Crippen LogP contribution in [0.15, 0.2) is 24.3 Å². The number of carbonyl (C=O) groups is 2. The van der Waals surface area contributed by atoms with Crippen molar-refractivity contribution >= 4 is 24.2 Å². The molecule has 1 aliphatic rings. The van der Waals surface area contributed by atoms with Crippen molar-refractivity contribution in [1.29, 1.82) is 0 Å². The monoisotopic (exact) mass is 339 g/mol. The second kappa shape index (κ2) is 9.53. The summed E-state index contributed by atoms with van der Waals surface area (Å²) in [5, 5.41) is 2.89. The summed E-state index contributed by atoms with van der Waals surface area (Å²) in [5.74, 6) is 0.273. The third-order valence-corrected chi connectivity index (χ3v) is 3.88. The second-order valence-electron chi connectivity index (χ2n) is 6.03. The number of halogens is 1. The smallest absolute Gasteiger partial charge is 0.222 e. The van der Waals surface area contributed by atoms with Crippen LogP contribution in [0.5, 0.6) is 0 Å². The maximum absolute atomic E-state index is 11.6. The van der Waals surface area contributed by atoms with E-state index in [9.17, 15) is 9.59 Å². The van der Waals surface area contributed by atoms with E-state index >= 15 is 0 Å². The van der Waals surface area contributed by atoms with Gasteiger partial charge < -0.3 is 16.0 Å². The Bertz CT molecular complexity index is 517. The van der Waals surface area contributed by atoms with Gasteiger partial charge in [-0.1, -0.05) is 24.3 Å². The van der Waals surface area contributed by atoms with Gasteiger partial charge in [0.25, 0.3) is 0 Å². The van der Waals surface area contributed by atoms with E-state index in [0.29, 0.717) is 32.4 Å². The molecular weight excluding hydrogens is 314 g/mol. The van der Waals surface area contributed by atoms with E-state index in [1.807, 2.05) is 36.1 Å². The Hall–Kier alpha value is -1.59. The van der Waals surface area contributed by atoms with Gasteiger partial charge >= 0.3 is 0 Å². The lowest BCUT2D eigenvalue weighted by atomic mass is 10.1. The number of carbonyl (C=O) groups excluding carboxylic acids is 2. The molecule has 23 heavy (non-hydrogen) atoms. The molecular formula is C17H26ClN3O2. The maximum Gasteiger partial charge on any atom is 0.222 e. The summed E-state index contributed by atoms with van der Waals surface area (Å²) in [6.45, 7) is 3.97. The molecule has 3 N–H and O–H groups in total. The second-order valence-corrected chi connectivity index (χ2v) is 6.03. The van der Waals surface area contributed by atoms with E-state index in [0.717, 1.165) is 24.1 Å². The lowest BCUT2D eigenvalue weighted by molar-refractivity contribution is -0.128. The molecule has 1 atom stereocenters. The Balaban J connectivity index is 0.00000264. The number of nitrogens with one attached hydrogen (secondary N) is 1. The Labute approximate surface area is 144 Å². The fourth-order valence-electron chi connectivity index (χ4n) is 2.50. The highest BCUT2D eigenvalue weighted by atomic mass is 35.5. The van der Waals surface area contributed by atoms with E-state index < -0.39 is 0 Å². The first-order chi connectivity index (χ1) is 10.5. The highest BCUT2D eigenvalue weighted by Gasteiger charge is 2.19. The Morgan fingerprint density at radius 3 is 2.52 bits per heavy atom. The number of hydrogen-bond acceptors (Lipinski definition) is 3. The van der Waals surface area contributed by atoms with Crippen LogP contribution in [0, 0.1) is 0 Å². The van der Waals surface area contributed by atoms with E-state index in [-0.39, 0.29) is 30.3 Å². The molecule has 0 aromatic heterocycles. The molecule has 1 saturated heterocycles. The van der Waals surface area contributed by atoms with Crippen molar-refractivity contribution in [2.45, 2.75) is 51.7 Å². The topological polar surface area (TPSA) is 75.4 Å². The predicted molar refractivity (Wildman–Crippen MR) is 93.1 cm³/mol. The lowest BCUT2D eigenvalue weighted by Crippen LogP contribution is -2.25. The van der Waals surface area contributed by atoms with Crippen molar-refractivity contribution in [2.24, 2.45) is 5.73 Å². The lowest BCUT2D eigenvalue weighted by Gasteiger charge is -2.15. The van der Waals surface area contributed by atoms with Gasteiger partial charge in [0.1, 0.15) is 0 Å². The number of amides is 2. The third-order valence-electron chi connectivity index (χ3n) is 3.88. The predicted octanol–water partition coefficient (Wildman–Crippen LogP) is 1.97. The van der Waals surface area contributed by atoms with Crippen LogP contribution in [0.3, 0.4) is 0 Å². The molecule has 0 aliphatic carbocycles. The van der Waals surface area contributed by atoms with Crippen molar-refractivity contribution in [3.8, 4) is 0 Å². The summed E-state index contributed by atoms with van der Waals surface area (Å²) in [6, 6.07) is 8.10. The van der Waals surface area contributed by atoms with E-state index in [4.69, 9.17) is 5.73 Å². The fraction of sp³-hybridized carbons (Fsp3) is 0.529. The molecule has 1 aromatic carbocycles. The molecule has 5 nitrogen and oxygen atoms in total. The number of hydrogen-bond donors (Lipinski definition) is 2. The molecule has 0 saturated carbocycles. The molecule has 0 spiro atoms.